The second-order valence-electron chi connectivity index (χ2n) is 7.01. The van der Waals surface area contributed by atoms with E-state index in [2.05, 4.69) is 10.3 Å². The lowest BCUT2D eigenvalue weighted by Gasteiger charge is -2.14. The van der Waals surface area contributed by atoms with Crippen molar-refractivity contribution in [3.63, 3.8) is 0 Å². The van der Waals surface area contributed by atoms with Crippen molar-refractivity contribution < 1.29 is 18.7 Å². The molecule has 0 aliphatic heterocycles. The summed E-state index contributed by atoms with van der Waals surface area (Å²) >= 11 is 2.40. The third-order valence-corrected chi connectivity index (χ3v) is 6.69. The number of carbonyl (C=O) groups excluding carboxylic acids is 1. The van der Waals surface area contributed by atoms with E-state index >= 15 is 0 Å². The molecule has 10 heteroatoms. The van der Waals surface area contributed by atoms with Gasteiger partial charge in [-0.2, -0.15) is 0 Å². The van der Waals surface area contributed by atoms with Crippen LogP contribution < -0.4 is 20.3 Å². The molecule has 0 saturated heterocycles. The van der Waals surface area contributed by atoms with E-state index in [4.69, 9.17) is 9.47 Å². The third kappa shape index (κ3) is 4.71. The number of halogens is 1. The molecule has 0 atom stereocenters. The van der Waals surface area contributed by atoms with Crippen molar-refractivity contribution in [3.8, 4) is 17.2 Å². The first kappa shape index (κ1) is 22.8. The number of ether oxygens (including phenoxy) is 2. The van der Waals surface area contributed by atoms with Gasteiger partial charge >= 0.3 is 0 Å². The average Bonchev–Trinajstić information content (AvgIpc) is 3.29. The maximum Gasteiger partial charge on any atom is 0.276 e. The third-order valence-electron chi connectivity index (χ3n) is 4.86. The van der Waals surface area contributed by atoms with E-state index in [-0.39, 0.29) is 23.0 Å². The van der Waals surface area contributed by atoms with Crippen molar-refractivity contribution in [2.24, 2.45) is 0 Å². The van der Waals surface area contributed by atoms with Crippen molar-refractivity contribution in [2.45, 2.75) is 12.1 Å². The number of aryl methyl sites for hydroxylation is 1. The van der Waals surface area contributed by atoms with Gasteiger partial charge < -0.3 is 14.8 Å². The molecule has 0 saturated carbocycles. The summed E-state index contributed by atoms with van der Waals surface area (Å²) in [4.78, 5) is 30.5. The minimum absolute atomic E-state index is 0.0113. The fraction of sp³-hybridized carbons (Fsp3) is 0.174. The predicted octanol–water partition coefficient (Wildman–Crippen LogP) is 4.64. The monoisotopic (exact) mass is 485 g/mol. The van der Waals surface area contributed by atoms with Gasteiger partial charge in [0.05, 0.1) is 36.9 Å². The first-order valence-corrected chi connectivity index (χ1v) is 11.7. The number of methoxy groups -OCH3 is 2. The van der Waals surface area contributed by atoms with Crippen LogP contribution >= 0.6 is 23.1 Å². The molecule has 1 N–H and O–H groups in total. The lowest BCUT2D eigenvalue weighted by Crippen LogP contribution is -2.22. The molecule has 0 aliphatic carbocycles. The highest BCUT2D eigenvalue weighted by Gasteiger charge is 2.17. The molecule has 0 radical (unpaired) electrons. The number of nitrogens with zero attached hydrogens (tertiary/aromatic N) is 2. The molecule has 1 amide bonds. The quantitative estimate of drug-likeness (QED) is 0.303. The molecule has 0 aliphatic rings. The van der Waals surface area contributed by atoms with Gasteiger partial charge in [0.25, 0.3) is 5.56 Å². The molecule has 2 aromatic carbocycles. The largest absolute Gasteiger partial charge is 0.497 e. The standard InChI is InChI=1S/C23H20FN3O4S2/c1-13-10-14(4-6-16(13)24)27-22(29)21-17(8-9-32-21)26-23(27)33-12-20(28)25-18-11-15(30-2)5-7-19(18)31-3/h4-11H,12H2,1-3H3,(H,25,28). The van der Waals surface area contributed by atoms with Gasteiger partial charge in [0.1, 0.15) is 22.0 Å². The number of thioether (sulfide) groups is 1. The highest BCUT2D eigenvalue weighted by molar-refractivity contribution is 7.99. The molecule has 170 valence electrons. The van der Waals surface area contributed by atoms with Gasteiger partial charge in [-0.05, 0) is 54.3 Å². The summed E-state index contributed by atoms with van der Waals surface area (Å²) in [5.74, 6) is 0.378. The lowest BCUT2D eigenvalue weighted by molar-refractivity contribution is -0.113. The second kappa shape index (κ2) is 9.63. The van der Waals surface area contributed by atoms with Crippen molar-refractivity contribution in [3.05, 3.63) is 69.6 Å². The molecule has 7 nitrogen and oxygen atoms in total. The number of amides is 1. The number of thiophene rings is 1. The Balaban J connectivity index is 1.64. The zero-order valence-electron chi connectivity index (χ0n) is 18.0. The van der Waals surface area contributed by atoms with Crippen molar-refractivity contribution >= 4 is 44.9 Å². The average molecular weight is 486 g/mol. The number of aromatic nitrogens is 2. The van der Waals surface area contributed by atoms with Crippen LogP contribution in [-0.4, -0.2) is 35.4 Å². The number of anilines is 1. The van der Waals surface area contributed by atoms with Gasteiger partial charge in [-0.25, -0.2) is 9.37 Å². The molecule has 0 fully saturated rings. The maximum absolute atomic E-state index is 13.8. The molecule has 0 bridgehead atoms. The Morgan fingerprint density at radius 2 is 2.00 bits per heavy atom. The van der Waals surface area contributed by atoms with Gasteiger partial charge in [0.15, 0.2) is 5.16 Å². The maximum atomic E-state index is 13.8. The predicted molar refractivity (Wildman–Crippen MR) is 129 cm³/mol. The van der Waals surface area contributed by atoms with Crippen molar-refractivity contribution in [1.29, 1.82) is 0 Å². The lowest BCUT2D eigenvalue weighted by atomic mass is 10.2. The van der Waals surface area contributed by atoms with E-state index in [1.807, 2.05) is 0 Å². The van der Waals surface area contributed by atoms with E-state index in [9.17, 15) is 14.0 Å². The van der Waals surface area contributed by atoms with E-state index < -0.39 is 0 Å². The molecule has 4 rings (SSSR count). The Labute approximate surface area is 197 Å². The van der Waals surface area contributed by atoms with Crippen LogP contribution in [0.1, 0.15) is 5.56 Å². The van der Waals surface area contributed by atoms with Crippen LogP contribution in [-0.2, 0) is 4.79 Å². The molecule has 2 aromatic heterocycles. The minimum Gasteiger partial charge on any atom is -0.497 e. The molecule has 33 heavy (non-hydrogen) atoms. The summed E-state index contributed by atoms with van der Waals surface area (Å²) in [5, 5.41) is 4.93. The summed E-state index contributed by atoms with van der Waals surface area (Å²) in [6, 6.07) is 11.3. The first-order valence-electron chi connectivity index (χ1n) is 9.82. The molecular weight excluding hydrogens is 465 g/mol. The highest BCUT2D eigenvalue weighted by atomic mass is 32.2. The fourth-order valence-corrected chi connectivity index (χ4v) is 4.78. The Morgan fingerprint density at radius 3 is 2.73 bits per heavy atom. The molecular formula is C23H20FN3O4S2. The van der Waals surface area contributed by atoms with E-state index in [0.29, 0.717) is 43.8 Å². The van der Waals surface area contributed by atoms with Gasteiger partial charge in [-0.1, -0.05) is 11.8 Å². The number of rotatable bonds is 7. The summed E-state index contributed by atoms with van der Waals surface area (Å²) in [6.07, 6.45) is 0. The van der Waals surface area contributed by atoms with Gasteiger partial charge in [-0.3, -0.25) is 14.2 Å². The molecule has 4 aromatic rings. The second-order valence-corrected chi connectivity index (χ2v) is 8.87. The van der Waals surface area contributed by atoms with Gasteiger partial charge in [-0.15, -0.1) is 11.3 Å². The number of hydrogen-bond donors (Lipinski definition) is 1. The number of benzene rings is 2. The Hall–Kier alpha value is -3.37. The van der Waals surface area contributed by atoms with Crippen molar-refractivity contribution in [2.75, 3.05) is 25.3 Å². The van der Waals surface area contributed by atoms with Crippen LogP contribution in [0.25, 0.3) is 15.9 Å². The number of nitrogens with one attached hydrogen (secondary N) is 1. The van der Waals surface area contributed by atoms with Crippen LogP contribution in [0.2, 0.25) is 0 Å². The topological polar surface area (TPSA) is 82.5 Å². The minimum atomic E-state index is -0.363. The Bertz CT molecular complexity index is 1400. The number of hydrogen-bond acceptors (Lipinski definition) is 7. The van der Waals surface area contributed by atoms with Crippen LogP contribution in [0.15, 0.2) is 57.8 Å². The number of fused-ring (bicyclic) bond motifs is 1. The summed E-state index contributed by atoms with van der Waals surface area (Å²) in [7, 11) is 3.04. The van der Waals surface area contributed by atoms with Crippen LogP contribution in [0, 0.1) is 12.7 Å². The van der Waals surface area contributed by atoms with Crippen LogP contribution in [0.3, 0.4) is 0 Å². The van der Waals surface area contributed by atoms with E-state index in [1.165, 1.54) is 42.3 Å². The van der Waals surface area contributed by atoms with Crippen molar-refractivity contribution in [1.82, 2.24) is 9.55 Å². The fourth-order valence-electron chi connectivity index (χ4n) is 3.21. The van der Waals surface area contributed by atoms with Gasteiger partial charge in [0, 0.05) is 6.07 Å². The Kier molecular flexibility index (Phi) is 6.66. The summed E-state index contributed by atoms with van der Waals surface area (Å²) < 4.78 is 26.2. The van der Waals surface area contributed by atoms with Crippen LogP contribution in [0.5, 0.6) is 11.5 Å². The zero-order valence-corrected chi connectivity index (χ0v) is 19.7. The summed E-state index contributed by atoms with van der Waals surface area (Å²) in [6.45, 7) is 1.63. The van der Waals surface area contributed by atoms with Crippen LogP contribution in [0.4, 0.5) is 10.1 Å². The molecule has 0 spiro atoms. The zero-order chi connectivity index (χ0) is 23.5. The SMILES string of the molecule is COc1ccc(OC)c(NC(=O)CSc2nc3ccsc3c(=O)n2-c2ccc(F)c(C)c2)c1. The first-order chi connectivity index (χ1) is 15.9. The van der Waals surface area contributed by atoms with E-state index in [1.54, 1.807) is 42.6 Å². The highest BCUT2D eigenvalue weighted by Crippen LogP contribution is 2.30. The van der Waals surface area contributed by atoms with Gasteiger partial charge in [0.2, 0.25) is 5.91 Å². The van der Waals surface area contributed by atoms with E-state index in [0.717, 1.165) is 11.8 Å². The molecule has 0 unspecified atom stereocenters. The normalized spacial score (nSPS) is 10.9. The molecule has 2 heterocycles. The summed E-state index contributed by atoms with van der Waals surface area (Å²) in [5.41, 5.74) is 1.65. The smallest absolute Gasteiger partial charge is 0.276 e. The number of carbonyl (C=O) groups is 1. The Morgan fingerprint density at radius 1 is 1.18 bits per heavy atom.